The summed E-state index contributed by atoms with van der Waals surface area (Å²) < 4.78 is 17.9. The van der Waals surface area contributed by atoms with Gasteiger partial charge in [-0.25, -0.2) is 14.2 Å². The van der Waals surface area contributed by atoms with Crippen molar-refractivity contribution in [1.82, 2.24) is 4.98 Å². The number of benzene rings is 2. The third-order valence-corrected chi connectivity index (χ3v) is 4.71. The number of rotatable bonds is 6. The van der Waals surface area contributed by atoms with E-state index in [1.54, 1.807) is 5.38 Å². The highest BCUT2D eigenvalue weighted by Gasteiger charge is 2.15. The molecule has 0 atom stereocenters. The summed E-state index contributed by atoms with van der Waals surface area (Å²) >= 11 is 1.34. The summed E-state index contributed by atoms with van der Waals surface area (Å²) in [5.74, 6) is -1.49. The zero-order valence-corrected chi connectivity index (χ0v) is 14.9. The van der Waals surface area contributed by atoms with Gasteiger partial charge in [0.1, 0.15) is 10.8 Å². The molecule has 4 nitrogen and oxygen atoms in total. The molecule has 0 radical (unpaired) electrons. The predicted octanol–water partition coefficient (Wildman–Crippen LogP) is 4.55. The molecule has 0 N–H and O–H groups in total. The van der Waals surface area contributed by atoms with Crippen LogP contribution in [0.2, 0.25) is 0 Å². The Labute approximate surface area is 154 Å². The minimum absolute atomic E-state index is 0.163. The normalized spacial score (nSPS) is 10.5. The van der Waals surface area contributed by atoms with Gasteiger partial charge in [0.2, 0.25) is 0 Å². The number of thiazole rings is 1. The van der Waals surface area contributed by atoms with Gasteiger partial charge in [-0.05, 0) is 36.2 Å². The standard InChI is InChI=1S/C20H16FNO3S/c1-2-13-3-5-15(6-4-13)19-22-17(12-26-19)20(24)25-11-18(23)14-7-9-16(21)10-8-14/h3-10,12H,2,11H2,1H3. The fourth-order valence-electron chi connectivity index (χ4n) is 2.31. The lowest BCUT2D eigenvalue weighted by molar-refractivity contribution is 0.0470. The quantitative estimate of drug-likeness (QED) is 0.472. The Kier molecular flexibility index (Phi) is 5.53. The molecule has 26 heavy (non-hydrogen) atoms. The number of esters is 1. The van der Waals surface area contributed by atoms with Gasteiger partial charge in [-0.15, -0.1) is 11.3 Å². The first-order valence-electron chi connectivity index (χ1n) is 8.07. The van der Waals surface area contributed by atoms with Crippen LogP contribution in [0, 0.1) is 5.82 Å². The van der Waals surface area contributed by atoms with E-state index in [9.17, 15) is 14.0 Å². The molecule has 0 bridgehead atoms. The van der Waals surface area contributed by atoms with E-state index in [1.165, 1.54) is 41.2 Å². The van der Waals surface area contributed by atoms with Crippen LogP contribution in [0.4, 0.5) is 4.39 Å². The highest BCUT2D eigenvalue weighted by Crippen LogP contribution is 2.24. The summed E-state index contributed by atoms with van der Waals surface area (Å²) in [5, 5.41) is 2.32. The van der Waals surface area contributed by atoms with Crippen molar-refractivity contribution in [1.29, 1.82) is 0 Å². The van der Waals surface area contributed by atoms with Crippen LogP contribution in [0.5, 0.6) is 0 Å². The molecule has 6 heteroatoms. The molecule has 0 aliphatic carbocycles. The molecule has 0 saturated heterocycles. The number of nitrogens with zero attached hydrogens (tertiary/aromatic N) is 1. The number of aryl methyl sites for hydroxylation is 1. The lowest BCUT2D eigenvalue weighted by Gasteiger charge is -2.03. The molecule has 0 aliphatic rings. The summed E-state index contributed by atoms with van der Waals surface area (Å²) in [6, 6.07) is 13.1. The zero-order valence-electron chi connectivity index (χ0n) is 14.1. The molecule has 132 valence electrons. The van der Waals surface area contributed by atoms with Crippen LogP contribution in [-0.4, -0.2) is 23.3 Å². The van der Waals surface area contributed by atoms with E-state index >= 15 is 0 Å². The van der Waals surface area contributed by atoms with Gasteiger partial charge in [0.15, 0.2) is 18.1 Å². The Morgan fingerprint density at radius 3 is 2.42 bits per heavy atom. The fraction of sp³-hybridized carbons (Fsp3) is 0.150. The summed E-state index contributed by atoms with van der Waals surface area (Å²) in [6.45, 7) is 1.67. The van der Waals surface area contributed by atoms with Crippen molar-refractivity contribution in [2.45, 2.75) is 13.3 Å². The van der Waals surface area contributed by atoms with E-state index in [2.05, 4.69) is 11.9 Å². The lowest BCUT2D eigenvalue weighted by atomic mass is 10.1. The molecule has 3 aromatic rings. The maximum absolute atomic E-state index is 12.9. The molecule has 0 aliphatic heterocycles. The van der Waals surface area contributed by atoms with E-state index in [4.69, 9.17) is 4.74 Å². The lowest BCUT2D eigenvalue weighted by Crippen LogP contribution is -2.14. The number of ether oxygens (including phenoxy) is 1. The van der Waals surface area contributed by atoms with Crippen LogP contribution in [0.1, 0.15) is 33.3 Å². The minimum Gasteiger partial charge on any atom is -0.453 e. The maximum Gasteiger partial charge on any atom is 0.358 e. The number of aromatic nitrogens is 1. The van der Waals surface area contributed by atoms with E-state index in [-0.39, 0.29) is 11.3 Å². The predicted molar refractivity (Wildman–Crippen MR) is 97.9 cm³/mol. The Balaban J connectivity index is 1.62. The van der Waals surface area contributed by atoms with Crippen molar-refractivity contribution in [3.8, 4) is 10.6 Å². The van der Waals surface area contributed by atoms with Crippen molar-refractivity contribution in [3.05, 3.63) is 76.5 Å². The van der Waals surface area contributed by atoms with Crippen molar-refractivity contribution in [2.75, 3.05) is 6.61 Å². The smallest absolute Gasteiger partial charge is 0.358 e. The molecule has 0 spiro atoms. The van der Waals surface area contributed by atoms with Crippen LogP contribution in [-0.2, 0) is 11.2 Å². The van der Waals surface area contributed by atoms with E-state index in [0.717, 1.165) is 12.0 Å². The van der Waals surface area contributed by atoms with Gasteiger partial charge in [0.05, 0.1) is 0 Å². The molecule has 3 rings (SSSR count). The first-order chi connectivity index (χ1) is 12.6. The number of carbonyl (C=O) groups excluding carboxylic acids is 2. The van der Waals surface area contributed by atoms with Crippen LogP contribution >= 0.6 is 11.3 Å². The molecule has 1 aromatic heterocycles. The number of carbonyl (C=O) groups is 2. The molecule has 2 aromatic carbocycles. The number of ketones is 1. The molecule has 0 unspecified atom stereocenters. The van der Waals surface area contributed by atoms with Gasteiger partial charge in [0.25, 0.3) is 0 Å². The van der Waals surface area contributed by atoms with E-state index < -0.39 is 24.2 Å². The van der Waals surface area contributed by atoms with Crippen LogP contribution < -0.4 is 0 Å². The van der Waals surface area contributed by atoms with E-state index in [0.29, 0.717) is 5.01 Å². The van der Waals surface area contributed by atoms with E-state index in [1.807, 2.05) is 24.3 Å². The third-order valence-electron chi connectivity index (χ3n) is 3.82. The Bertz CT molecular complexity index is 917. The molecule has 0 amide bonds. The summed E-state index contributed by atoms with van der Waals surface area (Å²) in [4.78, 5) is 28.3. The summed E-state index contributed by atoms with van der Waals surface area (Å²) in [5.41, 5.74) is 2.60. The zero-order chi connectivity index (χ0) is 18.5. The first-order valence-corrected chi connectivity index (χ1v) is 8.95. The minimum atomic E-state index is -0.659. The number of hydrogen-bond acceptors (Lipinski definition) is 5. The highest BCUT2D eigenvalue weighted by molar-refractivity contribution is 7.13. The second kappa shape index (κ2) is 8.01. The monoisotopic (exact) mass is 369 g/mol. The third kappa shape index (κ3) is 4.21. The molecular formula is C20H16FNO3S. The fourth-order valence-corrected chi connectivity index (χ4v) is 3.10. The van der Waals surface area contributed by atoms with Gasteiger partial charge in [-0.2, -0.15) is 0 Å². The van der Waals surface area contributed by atoms with Crippen LogP contribution in [0.3, 0.4) is 0 Å². The first kappa shape index (κ1) is 17.9. The average Bonchev–Trinajstić information content (AvgIpc) is 3.17. The summed E-state index contributed by atoms with van der Waals surface area (Å²) in [6.07, 6.45) is 0.956. The Morgan fingerprint density at radius 2 is 1.77 bits per heavy atom. The van der Waals surface area contributed by atoms with Gasteiger partial charge in [0, 0.05) is 16.5 Å². The highest BCUT2D eigenvalue weighted by atomic mass is 32.1. The molecule has 0 fully saturated rings. The summed E-state index contributed by atoms with van der Waals surface area (Å²) in [7, 11) is 0. The number of hydrogen-bond donors (Lipinski definition) is 0. The van der Waals surface area contributed by atoms with Crippen molar-refractivity contribution < 1.29 is 18.7 Å². The van der Waals surface area contributed by atoms with Gasteiger partial charge < -0.3 is 4.74 Å². The number of Topliss-reactive ketones (excluding diaryl/α,β-unsaturated/α-hetero) is 1. The second-order valence-corrected chi connectivity index (χ2v) is 6.45. The SMILES string of the molecule is CCc1ccc(-c2nc(C(=O)OCC(=O)c3ccc(F)cc3)cs2)cc1. The molecular weight excluding hydrogens is 353 g/mol. The number of halogens is 1. The molecule has 1 heterocycles. The van der Waals surface area contributed by atoms with Crippen LogP contribution in [0.15, 0.2) is 53.9 Å². The average molecular weight is 369 g/mol. The van der Waals surface area contributed by atoms with Crippen molar-refractivity contribution in [2.24, 2.45) is 0 Å². The Hall–Kier alpha value is -2.86. The van der Waals surface area contributed by atoms with Crippen LogP contribution in [0.25, 0.3) is 10.6 Å². The maximum atomic E-state index is 12.9. The Morgan fingerprint density at radius 1 is 1.08 bits per heavy atom. The molecule has 0 saturated carbocycles. The van der Waals surface area contributed by atoms with Crippen molar-refractivity contribution >= 4 is 23.1 Å². The van der Waals surface area contributed by atoms with Gasteiger partial charge in [-0.3, -0.25) is 4.79 Å². The van der Waals surface area contributed by atoms with Gasteiger partial charge in [-0.1, -0.05) is 31.2 Å². The van der Waals surface area contributed by atoms with Gasteiger partial charge >= 0.3 is 5.97 Å². The topological polar surface area (TPSA) is 56.3 Å². The van der Waals surface area contributed by atoms with Crippen molar-refractivity contribution in [3.63, 3.8) is 0 Å². The second-order valence-electron chi connectivity index (χ2n) is 5.59. The largest absolute Gasteiger partial charge is 0.453 e.